The highest BCUT2D eigenvalue weighted by Crippen LogP contribution is 2.41. The molecule has 1 aliphatic carbocycles. The second kappa shape index (κ2) is 5.00. The first kappa shape index (κ1) is 12.7. The van der Waals surface area contributed by atoms with Crippen LogP contribution in [0.4, 0.5) is 10.6 Å². The van der Waals surface area contributed by atoms with Crippen molar-refractivity contribution in [2.24, 2.45) is 0 Å². The molecule has 1 saturated carbocycles. The quantitative estimate of drug-likeness (QED) is 0.802. The molecule has 2 amide bonds. The number of aromatic nitrogens is 2. The summed E-state index contributed by atoms with van der Waals surface area (Å²) in [5, 5.41) is 12.7. The molecule has 20 heavy (non-hydrogen) atoms. The molecule has 0 bridgehead atoms. The molecular weight excluding hydrogens is 252 g/mol. The Kier molecular flexibility index (Phi) is 3.18. The predicted molar refractivity (Wildman–Crippen MR) is 77.5 cm³/mol. The summed E-state index contributed by atoms with van der Waals surface area (Å²) in [5.41, 5.74) is 1.86. The number of amides is 2. The number of rotatable bonds is 3. The fourth-order valence-electron chi connectivity index (χ4n) is 2.62. The molecule has 1 aromatic heterocycles. The molecule has 5 nitrogen and oxygen atoms in total. The molecule has 0 spiro atoms. The van der Waals surface area contributed by atoms with E-state index in [1.807, 2.05) is 25.1 Å². The van der Waals surface area contributed by atoms with Crippen LogP contribution in [0.25, 0.3) is 0 Å². The molecule has 5 heteroatoms. The van der Waals surface area contributed by atoms with E-state index in [1.165, 1.54) is 5.56 Å². The molecule has 1 heterocycles. The van der Waals surface area contributed by atoms with Gasteiger partial charge in [-0.05, 0) is 31.7 Å². The lowest BCUT2D eigenvalue weighted by Gasteiger charge is -2.43. The van der Waals surface area contributed by atoms with E-state index >= 15 is 0 Å². The first-order valence-electron chi connectivity index (χ1n) is 6.85. The minimum atomic E-state index is -0.226. The van der Waals surface area contributed by atoms with Crippen molar-refractivity contribution in [3.05, 3.63) is 47.7 Å². The summed E-state index contributed by atoms with van der Waals surface area (Å²) < 4.78 is 0. The van der Waals surface area contributed by atoms with Crippen molar-refractivity contribution >= 4 is 11.8 Å². The third kappa shape index (κ3) is 2.39. The van der Waals surface area contributed by atoms with Crippen LogP contribution in [0.1, 0.15) is 30.5 Å². The van der Waals surface area contributed by atoms with Gasteiger partial charge in [-0.2, -0.15) is 5.10 Å². The standard InChI is InChI=1S/C15H18N4O/c1-11-10-13(19-18-11)16-14(20)17-15(8-5-9-15)12-6-3-2-4-7-12/h2-4,6-7,10H,5,8-9H2,1H3,(H3,16,17,18,19,20). The second-order valence-electron chi connectivity index (χ2n) is 5.32. The topological polar surface area (TPSA) is 69.8 Å². The average molecular weight is 270 g/mol. The third-order valence-electron chi connectivity index (χ3n) is 3.83. The number of aromatic amines is 1. The summed E-state index contributed by atoms with van der Waals surface area (Å²) in [5.74, 6) is 0.544. The van der Waals surface area contributed by atoms with Crippen LogP contribution in [0, 0.1) is 6.92 Å². The van der Waals surface area contributed by atoms with Gasteiger partial charge in [-0.15, -0.1) is 0 Å². The van der Waals surface area contributed by atoms with Crippen LogP contribution in [0.15, 0.2) is 36.4 Å². The summed E-state index contributed by atoms with van der Waals surface area (Å²) >= 11 is 0. The van der Waals surface area contributed by atoms with Gasteiger partial charge in [0.1, 0.15) is 0 Å². The van der Waals surface area contributed by atoms with E-state index < -0.39 is 0 Å². The maximum Gasteiger partial charge on any atom is 0.321 e. The number of benzene rings is 1. The van der Waals surface area contributed by atoms with Crippen molar-refractivity contribution in [1.82, 2.24) is 15.5 Å². The van der Waals surface area contributed by atoms with E-state index in [0.717, 1.165) is 25.0 Å². The zero-order chi connectivity index (χ0) is 14.0. The van der Waals surface area contributed by atoms with Crippen LogP contribution in [-0.2, 0) is 5.54 Å². The fourth-order valence-corrected chi connectivity index (χ4v) is 2.62. The van der Waals surface area contributed by atoms with Crippen molar-refractivity contribution < 1.29 is 4.79 Å². The second-order valence-corrected chi connectivity index (χ2v) is 5.32. The number of urea groups is 1. The zero-order valence-corrected chi connectivity index (χ0v) is 11.4. The van der Waals surface area contributed by atoms with Gasteiger partial charge in [-0.3, -0.25) is 10.4 Å². The highest BCUT2D eigenvalue weighted by atomic mass is 16.2. The van der Waals surface area contributed by atoms with Gasteiger partial charge in [0.2, 0.25) is 0 Å². The minimum absolute atomic E-state index is 0.208. The largest absolute Gasteiger partial charge is 0.328 e. The molecule has 1 aromatic carbocycles. The van der Waals surface area contributed by atoms with Gasteiger partial charge in [-0.1, -0.05) is 30.3 Å². The molecular formula is C15H18N4O. The Labute approximate surface area is 117 Å². The molecule has 0 atom stereocenters. The number of aryl methyl sites for hydroxylation is 1. The average Bonchev–Trinajstić information content (AvgIpc) is 2.80. The Morgan fingerprint density at radius 3 is 2.60 bits per heavy atom. The van der Waals surface area contributed by atoms with E-state index in [-0.39, 0.29) is 11.6 Å². The van der Waals surface area contributed by atoms with Gasteiger partial charge in [0, 0.05) is 11.8 Å². The van der Waals surface area contributed by atoms with Gasteiger partial charge < -0.3 is 5.32 Å². The van der Waals surface area contributed by atoms with Crippen molar-refractivity contribution in [3.8, 4) is 0 Å². The molecule has 0 aliphatic heterocycles. The van der Waals surface area contributed by atoms with E-state index in [4.69, 9.17) is 0 Å². The smallest absolute Gasteiger partial charge is 0.321 e. The highest BCUT2D eigenvalue weighted by Gasteiger charge is 2.39. The van der Waals surface area contributed by atoms with Crippen molar-refractivity contribution in [1.29, 1.82) is 0 Å². The molecule has 3 N–H and O–H groups in total. The van der Waals surface area contributed by atoms with Crippen LogP contribution in [-0.4, -0.2) is 16.2 Å². The first-order chi connectivity index (χ1) is 9.68. The fraction of sp³-hybridized carbons (Fsp3) is 0.333. The number of nitrogens with one attached hydrogen (secondary N) is 3. The van der Waals surface area contributed by atoms with Crippen molar-refractivity contribution in [2.45, 2.75) is 31.7 Å². The maximum atomic E-state index is 12.1. The normalized spacial score (nSPS) is 16.2. The van der Waals surface area contributed by atoms with Crippen LogP contribution in [0.2, 0.25) is 0 Å². The molecule has 2 aromatic rings. The monoisotopic (exact) mass is 270 g/mol. The molecule has 0 saturated heterocycles. The molecule has 1 aliphatic rings. The molecule has 0 unspecified atom stereocenters. The Bertz CT molecular complexity index is 601. The lowest BCUT2D eigenvalue weighted by atomic mass is 9.72. The van der Waals surface area contributed by atoms with Gasteiger partial charge >= 0.3 is 6.03 Å². The number of anilines is 1. The number of H-pyrrole nitrogens is 1. The molecule has 1 fully saturated rings. The third-order valence-corrected chi connectivity index (χ3v) is 3.83. The van der Waals surface area contributed by atoms with Crippen LogP contribution < -0.4 is 10.6 Å². The van der Waals surface area contributed by atoms with Crippen molar-refractivity contribution in [3.63, 3.8) is 0 Å². The number of hydrogen-bond acceptors (Lipinski definition) is 2. The summed E-state index contributed by atoms with van der Waals surface area (Å²) in [6, 6.07) is 11.7. The van der Waals surface area contributed by atoms with Crippen LogP contribution in [0.3, 0.4) is 0 Å². The summed E-state index contributed by atoms with van der Waals surface area (Å²) in [4.78, 5) is 12.1. The number of nitrogens with zero attached hydrogens (tertiary/aromatic N) is 1. The van der Waals surface area contributed by atoms with E-state index in [0.29, 0.717) is 5.82 Å². The summed E-state index contributed by atoms with van der Waals surface area (Å²) in [6.07, 6.45) is 3.09. The first-order valence-corrected chi connectivity index (χ1v) is 6.85. The lowest BCUT2D eigenvalue weighted by molar-refractivity contribution is 0.185. The van der Waals surface area contributed by atoms with Gasteiger partial charge in [0.05, 0.1) is 5.54 Å². The van der Waals surface area contributed by atoms with E-state index in [9.17, 15) is 4.79 Å². The summed E-state index contributed by atoms with van der Waals surface area (Å²) in [6.45, 7) is 1.90. The van der Waals surface area contributed by atoms with E-state index in [1.54, 1.807) is 6.07 Å². The van der Waals surface area contributed by atoms with Gasteiger partial charge in [0.25, 0.3) is 0 Å². The SMILES string of the molecule is Cc1cc(NC(=O)NC2(c3ccccc3)CCC2)n[nH]1. The Morgan fingerprint density at radius 2 is 2.05 bits per heavy atom. The molecule has 0 radical (unpaired) electrons. The maximum absolute atomic E-state index is 12.1. The Morgan fingerprint density at radius 1 is 1.30 bits per heavy atom. The van der Waals surface area contributed by atoms with E-state index in [2.05, 4.69) is 33.0 Å². The van der Waals surface area contributed by atoms with Crippen LogP contribution >= 0.6 is 0 Å². The molecule has 3 rings (SSSR count). The van der Waals surface area contributed by atoms with Gasteiger partial charge in [0.15, 0.2) is 5.82 Å². The number of hydrogen-bond donors (Lipinski definition) is 3. The predicted octanol–water partition coefficient (Wildman–Crippen LogP) is 2.92. The van der Waals surface area contributed by atoms with Crippen LogP contribution in [0.5, 0.6) is 0 Å². The van der Waals surface area contributed by atoms with Crippen molar-refractivity contribution in [2.75, 3.05) is 5.32 Å². The highest BCUT2D eigenvalue weighted by molar-refractivity contribution is 5.89. The zero-order valence-electron chi connectivity index (χ0n) is 11.4. The minimum Gasteiger partial charge on any atom is -0.328 e. The Hall–Kier alpha value is -2.30. The summed E-state index contributed by atoms with van der Waals surface area (Å²) in [7, 11) is 0. The number of carbonyl (C=O) groups is 1. The number of carbonyl (C=O) groups excluding carboxylic acids is 1. The lowest BCUT2D eigenvalue weighted by Crippen LogP contribution is -2.52. The molecule has 104 valence electrons. The van der Waals surface area contributed by atoms with Gasteiger partial charge in [-0.25, -0.2) is 4.79 Å². The Balaban J connectivity index is 1.70.